The van der Waals surface area contributed by atoms with Crippen molar-refractivity contribution in [3.63, 3.8) is 0 Å². The first-order valence-corrected chi connectivity index (χ1v) is 5.64. The molecule has 1 unspecified atom stereocenters. The van der Waals surface area contributed by atoms with Gasteiger partial charge >= 0.3 is 0 Å². The molecule has 1 atom stereocenters. The fourth-order valence-electron chi connectivity index (χ4n) is 1.74. The van der Waals surface area contributed by atoms with Crippen LogP contribution >= 0.6 is 23.2 Å². The zero-order valence-corrected chi connectivity index (χ0v) is 10.5. The van der Waals surface area contributed by atoms with Gasteiger partial charge in [0, 0.05) is 29.2 Å². The van der Waals surface area contributed by atoms with Crippen LogP contribution in [0.15, 0.2) is 18.3 Å². The molecule has 1 heterocycles. The van der Waals surface area contributed by atoms with Crippen LogP contribution < -0.4 is 0 Å². The van der Waals surface area contributed by atoms with E-state index in [-0.39, 0.29) is 6.04 Å². The number of nitrogens with zero attached hydrogens (tertiary/aromatic N) is 1. The summed E-state index contributed by atoms with van der Waals surface area (Å²) in [5, 5.41) is 12.7. The number of nitrogens with one attached hydrogen (secondary N) is 1. The van der Waals surface area contributed by atoms with E-state index in [2.05, 4.69) is 4.98 Å². The SMILES string of the molecule is CC(c1c[nH]c2cc(Cl)cc(Cl)c12)N(C)O. The smallest absolute Gasteiger partial charge is 0.0589 e. The highest BCUT2D eigenvalue weighted by Crippen LogP contribution is 2.34. The molecule has 0 spiro atoms. The van der Waals surface area contributed by atoms with E-state index in [0.29, 0.717) is 10.0 Å². The van der Waals surface area contributed by atoms with Crippen LogP contribution in [0.3, 0.4) is 0 Å². The molecule has 1 aromatic heterocycles. The monoisotopic (exact) mass is 258 g/mol. The first kappa shape index (κ1) is 11.7. The molecule has 86 valence electrons. The van der Waals surface area contributed by atoms with Gasteiger partial charge in [0.1, 0.15) is 0 Å². The van der Waals surface area contributed by atoms with Gasteiger partial charge in [-0.1, -0.05) is 23.2 Å². The molecule has 2 N–H and O–H groups in total. The molecule has 1 aromatic carbocycles. The molecule has 16 heavy (non-hydrogen) atoms. The van der Waals surface area contributed by atoms with Crippen LogP contribution in [0.25, 0.3) is 10.9 Å². The minimum Gasteiger partial charge on any atom is -0.361 e. The van der Waals surface area contributed by atoms with E-state index in [1.54, 1.807) is 13.1 Å². The molecule has 0 bridgehead atoms. The van der Waals surface area contributed by atoms with Gasteiger partial charge in [0.05, 0.1) is 11.1 Å². The Bertz CT molecular complexity index is 522. The average molecular weight is 259 g/mol. The van der Waals surface area contributed by atoms with Crippen LogP contribution in [0.2, 0.25) is 10.0 Å². The van der Waals surface area contributed by atoms with Crippen molar-refractivity contribution in [3.8, 4) is 0 Å². The molecular formula is C11H12Cl2N2O. The van der Waals surface area contributed by atoms with E-state index in [0.717, 1.165) is 21.5 Å². The lowest BCUT2D eigenvalue weighted by atomic mass is 10.1. The Morgan fingerprint density at radius 3 is 2.69 bits per heavy atom. The summed E-state index contributed by atoms with van der Waals surface area (Å²) in [6, 6.07) is 3.39. The van der Waals surface area contributed by atoms with E-state index in [1.807, 2.05) is 19.2 Å². The molecule has 0 aliphatic heterocycles. The van der Waals surface area contributed by atoms with Crippen molar-refractivity contribution in [2.24, 2.45) is 0 Å². The van der Waals surface area contributed by atoms with Crippen LogP contribution in [0.4, 0.5) is 0 Å². The Hall–Kier alpha value is -0.740. The summed E-state index contributed by atoms with van der Waals surface area (Å²) in [5.74, 6) is 0. The molecule has 0 saturated carbocycles. The lowest BCUT2D eigenvalue weighted by Gasteiger charge is -2.17. The molecule has 0 fully saturated rings. The molecule has 2 aromatic rings. The van der Waals surface area contributed by atoms with Crippen LogP contribution in [0, 0.1) is 0 Å². The minimum atomic E-state index is -0.132. The van der Waals surface area contributed by atoms with Crippen molar-refractivity contribution in [1.82, 2.24) is 10.0 Å². The fraction of sp³-hybridized carbons (Fsp3) is 0.273. The van der Waals surface area contributed by atoms with E-state index in [9.17, 15) is 5.21 Å². The van der Waals surface area contributed by atoms with Crippen LogP contribution in [0.5, 0.6) is 0 Å². The highest BCUT2D eigenvalue weighted by molar-refractivity contribution is 6.38. The first-order valence-electron chi connectivity index (χ1n) is 4.88. The average Bonchev–Trinajstić information content (AvgIpc) is 2.59. The van der Waals surface area contributed by atoms with Gasteiger partial charge in [-0.25, -0.2) is 0 Å². The van der Waals surface area contributed by atoms with Crippen LogP contribution in [0.1, 0.15) is 18.5 Å². The predicted octanol–water partition coefficient (Wildman–Crippen LogP) is 3.86. The van der Waals surface area contributed by atoms with Gasteiger partial charge in [-0.15, -0.1) is 0 Å². The molecular weight excluding hydrogens is 247 g/mol. The van der Waals surface area contributed by atoms with Crippen molar-refractivity contribution in [2.45, 2.75) is 13.0 Å². The number of hydroxylamine groups is 2. The van der Waals surface area contributed by atoms with Gasteiger partial charge in [-0.3, -0.25) is 0 Å². The summed E-state index contributed by atoms with van der Waals surface area (Å²) < 4.78 is 0. The van der Waals surface area contributed by atoms with Crippen molar-refractivity contribution < 1.29 is 5.21 Å². The van der Waals surface area contributed by atoms with Crippen molar-refractivity contribution in [1.29, 1.82) is 0 Å². The molecule has 0 aliphatic rings. The summed E-state index contributed by atoms with van der Waals surface area (Å²) >= 11 is 12.1. The number of halogens is 2. The second-order valence-corrected chi connectivity index (χ2v) is 4.65. The maximum Gasteiger partial charge on any atom is 0.0589 e. The zero-order chi connectivity index (χ0) is 11.9. The number of H-pyrrole nitrogens is 1. The second-order valence-electron chi connectivity index (χ2n) is 3.80. The van der Waals surface area contributed by atoms with Gasteiger partial charge in [0.15, 0.2) is 0 Å². The quantitative estimate of drug-likeness (QED) is 0.804. The van der Waals surface area contributed by atoms with Crippen molar-refractivity contribution in [3.05, 3.63) is 33.9 Å². The normalized spacial score (nSPS) is 13.6. The molecule has 0 aliphatic carbocycles. The van der Waals surface area contributed by atoms with Crippen LogP contribution in [-0.4, -0.2) is 22.3 Å². The molecule has 0 saturated heterocycles. The summed E-state index contributed by atoms with van der Waals surface area (Å²) in [6.45, 7) is 1.90. The summed E-state index contributed by atoms with van der Waals surface area (Å²) in [7, 11) is 1.60. The largest absolute Gasteiger partial charge is 0.361 e. The topological polar surface area (TPSA) is 39.3 Å². The fourth-order valence-corrected chi connectivity index (χ4v) is 2.34. The van der Waals surface area contributed by atoms with Gasteiger partial charge in [-0.05, 0) is 24.6 Å². The first-order chi connectivity index (χ1) is 7.50. The van der Waals surface area contributed by atoms with E-state index >= 15 is 0 Å². The number of hydrogen-bond donors (Lipinski definition) is 2. The Balaban J connectivity index is 2.65. The Morgan fingerprint density at radius 2 is 2.06 bits per heavy atom. The third-order valence-corrected chi connectivity index (χ3v) is 3.25. The number of rotatable bonds is 2. The molecule has 3 nitrogen and oxygen atoms in total. The number of aromatic amines is 1. The van der Waals surface area contributed by atoms with E-state index < -0.39 is 0 Å². The second kappa shape index (κ2) is 4.26. The lowest BCUT2D eigenvalue weighted by molar-refractivity contribution is -0.0980. The zero-order valence-electron chi connectivity index (χ0n) is 8.96. The van der Waals surface area contributed by atoms with Crippen molar-refractivity contribution in [2.75, 3.05) is 7.05 Å². The van der Waals surface area contributed by atoms with Crippen LogP contribution in [-0.2, 0) is 0 Å². The van der Waals surface area contributed by atoms with E-state index in [1.165, 1.54) is 0 Å². The minimum absolute atomic E-state index is 0.132. The molecule has 0 radical (unpaired) electrons. The highest BCUT2D eigenvalue weighted by Gasteiger charge is 2.16. The van der Waals surface area contributed by atoms with Gasteiger partial charge in [0.2, 0.25) is 0 Å². The Kier molecular flexibility index (Phi) is 3.13. The standard InChI is InChI=1S/C11H12Cl2N2O/c1-6(15(2)16)8-5-14-10-4-7(12)3-9(13)11(8)10/h3-6,14,16H,1-2H3. The summed E-state index contributed by atoms with van der Waals surface area (Å²) in [5.41, 5.74) is 1.82. The van der Waals surface area contributed by atoms with Gasteiger partial charge in [-0.2, -0.15) is 5.06 Å². The summed E-state index contributed by atoms with van der Waals surface area (Å²) in [6.07, 6.45) is 1.84. The lowest BCUT2D eigenvalue weighted by Crippen LogP contribution is -2.17. The number of hydrogen-bond acceptors (Lipinski definition) is 2. The number of benzene rings is 1. The van der Waals surface area contributed by atoms with Gasteiger partial charge < -0.3 is 10.2 Å². The van der Waals surface area contributed by atoms with E-state index in [4.69, 9.17) is 23.2 Å². The maximum atomic E-state index is 9.45. The highest BCUT2D eigenvalue weighted by atomic mass is 35.5. The maximum absolute atomic E-state index is 9.45. The number of aromatic nitrogens is 1. The van der Waals surface area contributed by atoms with Crippen molar-refractivity contribution >= 4 is 34.1 Å². The number of fused-ring (bicyclic) bond motifs is 1. The third kappa shape index (κ3) is 1.92. The molecule has 0 amide bonds. The summed E-state index contributed by atoms with van der Waals surface area (Å²) in [4.78, 5) is 3.10. The third-order valence-electron chi connectivity index (χ3n) is 2.74. The Labute approximate surface area is 104 Å². The molecule has 2 rings (SSSR count). The molecule has 5 heteroatoms. The predicted molar refractivity (Wildman–Crippen MR) is 66.3 cm³/mol. The Morgan fingerprint density at radius 1 is 1.38 bits per heavy atom. The van der Waals surface area contributed by atoms with Gasteiger partial charge in [0.25, 0.3) is 0 Å².